The van der Waals surface area contributed by atoms with Gasteiger partial charge in [-0.15, -0.1) is 12.4 Å². The number of benzene rings is 1. The number of anilines is 1. The first-order valence-electron chi connectivity index (χ1n) is 5.59. The minimum absolute atomic E-state index is 0. The predicted molar refractivity (Wildman–Crippen MR) is 74.2 cm³/mol. The second-order valence-electron chi connectivity index (χ2n) is 3.66. The first-order chi connectivity index (χ1) is 9.47. The summed E-state index contributed by atoms with van der Waals surface area (Å²) in [6, 6.07) is 3.70. The number of hydrogen-bond donors (Lipinski definition) is 2. The van der Waals surface area contributed by atoms with E-state index < -0.39 is 18.5 Å². The number of carbonyl (C=O) groups is 2. The van der Waals surface area contributed by atoms with Crippen LogP contribution < -0.4 is 15.4 Å². The highest BCUT2D eigenvalue weighted by atomic mass is 35.5. The Kier molecular flexibility index (Phi) is 8.25. The zero-order valence-electron chi connectivity index (χ0n) is 11.3. The van der Waals surface area contributed by atoms with Gasteiger partial charge in [0.05, 0.1) is 24.9 Å². The Morgan fingerprint density at radius 1 is 1.33 bits per heavy atom. The first kappa shape index (κ1) is 19.1. The molecule has 6 nitrogen and oxygen atoms in total. The molecule has 1 amide bonds. The topological polar surface area (TPSA) is 76.7 Å². The lowest BCUT2D eigenvalue weighted by Gasteiger charge is -2.13. The molecule has 0 radical (unpaired) electrons. The molecule has 9 heteroatoms. The van der Waals surface area contributed by atoms with Crippen molar-refractivity contribution in [2.45, 2.75) is 6.61 Å². The molecule has 0 fully saturated rings. The number of ether oxygens (including phenoxy) is 2. The van der Waals surface area contributed by atoms with E-state index in [-0.39, 0.29) is 36.0 Å². The number of rotatable bonds is 6. The highest BCUT2D eigenvalue weighted by molar-refractivity contribution is 5.95. The van der Waals surface area contributed by atoms with E-state index in [9.17, 15) is 18.4 Å². The average Bonchev–Trinajstić information content (AvgIpc) is 2.39. The van der Waals surface area contributed by atoms with Crippen LogP contribution in [0.3, 0.4) is 0 Å². The van der Waals surface area contributed by atoms with Crippen molar-refractivity contribution >= 4 is 30.0 Å². The maximum absolute atomic E-state index is 12.3. The van der Waals surface area contributed by atoms with Gasteiger partial charge in [0.2, 0.25) is 5.91 Å². The Bertz CT molecular complexity index is 500. The molecule has 0 saturated carbocycles. The van der Waals surface area contributed by atoms with E-state index in [0.29, 0.717) is 0 Å². The van der Waals surface area contributed by atoms with Crippen molar-refractivity contribution < 1.29 is 27.8 Å². The molecule has 0 heterocycles. The van der Waals surface area contributed by atoms with Crippen LogP contribution in [-0.4, -0.2) is 39.2 Å². The summed E-state index contributed by atoms with van der Waals surface area (Å²) in [4.78, 5) is 22.7. The molecule has 0 saturated heterocycles. The summed E-state index contributed by atoms with van der Waals surface area (Å²) < 4.78 is 33.4. The van der Waals surface area contributed by atoms with Crippen LogP contribution in [0.1, 0.15) is 10.4 Å². The Morgan fingerprint density at radius 3 is 2.52 bits per heavy atom. The minimum Gasteiger partial charge on any atom is -0.465 e. The number of alkyl halides is 2. The lowest BCUT2D eigenvalue weighted by Crippen LogP contribution is -2.25. The molecule has 0 aromatic heterocycles. The van der Waals surface area contributed by atoms with E-state index in [2.05, 4.69) is 20.1 Å². The van der Waals surface area contributed by atoms with E-state index in [4.69, 9.17) is 0 Å². The summed E-state index contributed by atoms with van der Waals surface area (Å²) in [5.41, 5.74) is 0.0768. The van der Waals surface area contributed by atoms with Gasteiger partial charge in [0.25, 0.3) is 0 Å². The zero-order chi connectivity index (χ0) is 15.1. The van der Waals surface area contributed by atoms with Crippen molar-refractivity contribution in [1.29, 1.82) is 0 Å². The summed E-state index contributed by atoms with van der Waals surface area (Å²) in [7, 11) is 2.73. The third kappa shape index (κ3) is 5.92. The molecule has 0 atom stereocenters. The van der Waals surface area contributed by atoms with E-state index in [1.54, 1.807) is 7.05 Å². The van der Waals surface area contributed by atoms with Crippen molar-refractivity contribution in [2.24, 2.45) is 0 Å². The van der Waals surface area contributed by atoms with Gasteiger partial charge in [0.1, 0.15) is 5.75 Å². The minimum atomic E-state index is -3.08. The van der Waals surface area contributed by atoms with Gasteiger partial charge < -0.3 is 20.1 Å². The fraction of sp³-hybridized carbons (Fsp3) is 0.333. The third-order valence-corrected chi connectivity index (χ3v) is 2.23. The molecule has 0 aliphatic heterocycles. The number of hydrogen-bond acceptors (Lipinski definition) is 5. The lowest BCUT2D eigenvalue weighted by molar-refractivity contribution is -0.115. The van der Waals surface area contributed by atoms with E-state index >= 15 is 0 Å². The second kappa shape index (κ2) is 9.09. The molecule has 118 valence electrons. The largest absolute Gasteiger partial charge is 0.465 e. The van der Waals surface area contributed by atoms with Crippen LogP contribution in [0.4, 0.5) is 14.5 Å². The SMILES string of the molecule is CNCC(=O)Nc1ccc(C(=O)OC)cc1OC(F)F.Cl. The number of esters is 1. The van der Waals surface area contributed by atoms with Gasteiger partial charge in [-0.3, -0.25) is 4.79 Å². The molecular weight excluding hydrogens is 310 g/mol. The van der Waals surface area contributed by atoms with Gasteiger partial charge in [0, 0.05) is 0 Å². The molecule has 0 bridgehead atoms. The fourth-order valence-corrected chi connectivity index (χ4v) is 1.42. The molecular formula is C12H15ClF2N2O4. The monoisotopic (exact) mass is 324 g/mol. The van der Waals surface area contributed by atoms with E-state index in [0.717, 1.165) is 6.07 Å². The molecule has 1 aromatic carbocycles. The molecule has 21 heavy (non-hydrogen) atoms. The summed E-state index contributed by atoms with van der Waals surface area (Å²) in [6.07, 6.45) is 0. The molecule has 0 unspecified atom stereocenters. The van der Waals surface area contributed by atoms with Crippen molar-refractivity contribution in [3.05, 3.63) is 23.8 Å². The Balaban J connectivity index is 0.00000400. The summed E-state index contributed by atoms with van der Waals surface area (Å²) in [5, 5.41) is 5.00. The normalized spacial score (nSPS) is 9.76. The van der Waals surface area contributed by atoms with Crippen LogP contribution in [0.15, 0.2) is 18.2 Å². The number of likely N-dealkylation sites (N-methyl/N-ethyl adjacent to an activating group) is 1. The maximum atomic E-state index is 12.3. The third-order valence-electron chi connectivity index (χ3n) is 2.23. The summed E-state index contributed by atoms with van der Waals surface area (Å²) in [5.74, 6) is -1.44. The molecule has 1 rings (SSSR count). The summed E-state index contributed by atoms with van der Waals surface area (Å²) >= 11 is 0. The van der Waals surface area contributed by atoms with E-state index in [1.165, 1.54) is 19.2 Å². The standard InChI is InChI=1S/C12H14F2N2O4.ClH/c1-15-6-10(17)16-8-4-3-7(11(18)19-2)5-9(8)20-12(13)14;/h3-5,12,15H,6H2,1-2H3,(H,16,17);1H. The van der Waals surface area contributed by atoms with Crippen molar-refractivity contribution in [3.63, 3.8) is 0 Å². The quantitative estimate of drug-likeness (QED) is 0.778. The number of methoxy groups -OCH3 is 1. The van der Waals surface area contributed by atoms with Crippen molar-refractivity contribution in [3.8, 4) is 5.75 Å². The molecule has 0 spiro atoms. The lowest BCUT2D eigenvalue weighted by atomic mass is 10.2. The van der Waals surface area contributed by atoms with Gasteiger partial charge in [-0.25, -0.2) is 4.79 Å². The van der Waals surface area contributed by atoms with Crippen molar-refractivity contribution in [1.82, 2.24) is 5.32 Å². The first-order valence-corrected chi connectivity index (χ1v) is 5.59. The number of carbonyl (C=O) groups excluding carboxylic acids is 2. The summed E-state index contributed by atoms with van der Waals surface area (Å²) in [6.45, 7) is -3.07. The predicted octanol–water partition coefficient (Wildman–Crippen LogP) is 1.65. The van der Waals surface area contributed by atoms with Gasteiger partial charge in [-0.05, 0) is 25.2 Å². The second-order valence-corrected chi connectivity index (χ2v) is 3.66. The van der Waals surface area contributed by atoms with Gasteiger partial charge in [-0.2, -0.15) is 8.78 Å². The van der Waals surface area contributed by atoms with Gasteiger partial charge in [0.15, 0.2) is 0 Å². The van der Waals surface area contributed by atoms with Crippen LogP contribution in [0.25, 0.3) is 0 Å². The van der Waals surface area contributed by atoms with Crippen LogP contribution in [-0.2, 0) is 9.53 Å². The van der Waals surface area contributed by atoms with Crippen LogP contribution >= 0.6 is 12.4 Å². The maximum Gasteiger partial charge on any atom is 0.387 e. The van der Waals surface area contributed by atoms with Crippen LogP contribution in [0.5, 0.6) is 5.75 Å². The number of amides is 1. The smallest absolute Gasteiger partial charge is 0.387 e. The Labute approximate surface area is 126 Å². The highest BCUT2D eigenvalue weighted by Crippen LogP contribution is 2.27. The molecule has 0 aliphatic carbocycles. The van der Waals surface area contributed by atoms with Crippen LogP contribution in [0, 0.1) is 0 Å². The molecule has 1 aromatic rings. The Hall–Kier alpha value is -1.93. The highest BCUT2D eigenvalue weighted by Gasteiger charge is 2.15. The average molecular weight is 325 g/mol. The fourth-order valence-electron chi connectivity index (χ4n) is 1.42. The van der Waals surface area contributed by atoms with Crippen molar-refractivity contribution in [2.75, 3.05) is 26.0 Å². The molecule has 2 N–H and O–H groups in total. The van der Waals surface area contributed by atoms with Gasteiger partial charge >= 0.3 is 12.6 Å². The van der Waals surface area contributed by atoms with Crippen LogP contribution in [0.2, 0.25) is 0 Å². The zero-order valence-corrected chi connectivity index (χ0v) is 12.1. The van der Waals surface area contributed by atoms with E-state index in [1.807, 2.05) is 0 Å². The number of halogens is 3. The van der Waals surface area contributed by atoms with Gasteiger partial charge in [-0.1, -0.05) is 0 Å². The number of nitrogens with one attached hydrogen (secondary N) is 2. The molecule has 0 aliphatic rings. The Morgan fingerprint density at radius 2 is 2.00 bits per heavy atom.